The molecule has 4 heteroatoms. The summed E-state index contributed by atoms with van der Waals surface area (Å²) >= 11 is 0. The summed E-state index contributed by atoms with van der Waals surface area (Å²) in [5, 5.41) is 0. The van der Waals surface area contributed by atoms with Crippen molar-refractivity contribution in [2.75, 3.05) is 13.1 Å². The van der Waals surface area contributed by atoms with Crippen molar-refractivity contribution >= 4 is 16.9 Å². The van der Waals surface area contributed by atoms with Gasteiger partial charge in [0, 0.05) is 13.1 Å². The van der Waals surface area contributed by atoms with Gasteiger partial charge in [-0.15, -0.1) is 0 Å². The lowest BCUT2D eigenvalue weighted by atomic mass is 10.1. The molecule has 2 heterocycles. The van der Waals surface area contributed by atoms with Gasteiger partial charge in [0.05, 0.1) is 23.4 Å². The van der Waals surface area contributed by atoms with Crippen molar-refractivity contribution in [1.82, 2.24) is 14.5 Å². The van der Waals surface area contributed by atoms with Crippen LogP contribution in [0, 0.1) is 6.92 Å². The number of para-hydroxylation sites is 1. The average Bonchev–Trinajstić information content (AvgIpc) is 2.79. The van der Waals surface area contributed by atoms with E-state index in [1.165, 1.54) is 11.1 Å². The van der Waals surface area contributed by atoms with Gasteiger partial charge >= 0.3 is 0 Å². The Bertz CT molecular complexity index is 701. The number of amides is 1. The van der Waals surface area contributed by atoms with Crippen molar-refractivity contribution < 1.29 is 4.79 Å². The first kappa shape index (κ1) is 14.8. The second-order valence-corrected chi connectivity index (χ2v) is 6.03. The fraction of sp³-hybridized carbons (Fsp3) is 0.444. The van der Waals surface area contributed by atoms with Gasteiger partial charge in [0.15, 0.2) is 0 Å². The maximum atomic E-state index is 12.2. The van der Waals surface area contributed by atoms with Gasteiger partial charge in [0.2, 0.25) is 5.91 Å². The Morgan fingerprint density at radius 1 is 1.36 bits per heavy atom. The van der Waals surface area contributed by atoms with Gasteiger partial charge in [-0.25, -0.2) is 4.98 Å². The van der Waals surface area contributed by atoms with E-state index >= 15 is 0 Å². The van der Waals surface area contributed by atoms with Gasteiger partial charge in [-0.1, -0.05) is 18.2 Å². The van der Waals surface area contributed by atoms with E-state index in [1.807, 2.05) is 30.3 Å². The van der Waals surface area contributed by atoms with E-state index in [0.29, 0.717) is 6.04 Å². The molecule has 3 rings (SSSR count). The predicted octanol–water partition coefficient (Wildman–Crippen LogP) is 3.47. The molecule has 116 valence electrons. The number of aromatic nitrogens is 2. The second kappa shape index (κ2) is 6.34. The topological polar surface area (TPSA) is 38.1 Å². The lowest BCUT2D eigenvalue weighted by Crippen LogP contribution is -2.34. The molecule has 0 saturated carbocycles. The van der Waals surface area contributed by atoms with Crippen LogP contribution in [0.1, 0.15) is 37.8 Å². The molecule has 0 radical (unpaired) electrons. The summed E-state index contributed by atoms with van der Waals surface area (Å²) in [7, 11) is 0. The van der Waals surface area contributed by atoms with Gasteiger partial charge in [-0.05, 0) is 50.8 Å². The Balaban J connectivity index is 1.93. The zero-order valence-electron chi connectivity index (χ0n) is 13.3. The SMILES string of the molecule is C/C=C/C(=O)N1CCCCC(n2cnc3cccc(C)c32)C1. The maximum absolute atomic E-state index is 12.2. The summed E-state index contributed by atoms with van der Waals surface area (Å²) in [6, 6.07) is 6.53. The van der Waals surface area contributed by atoms with E-state index < -0.39 is 0 Å². The molecule has 1 aliphatic rings. The molecule has 0 aliphatic carbocycles. The number of benzene rings is 1. The second-order valence-electron chi connectivity index (χ2n) is 6.03. The Labute approximate surface area is 131 Å². The Morgan fingerprint density at radius 2 is 2.23 bits per heavy atom. The first-order valence-corrected chi connectivity index (χ1v) is 8.04. The number of allylic oxidation sites excluding steroid dienone is 1. The number of hydrogen-bond donors (Lipinski definition) is 0. The van der Waals surface area contributed by atoms with Crippen LogP contribution >= 0.6 is 0 Å². The van der Waals surface area contributed by atoms with Gasteiger partial charge in [0.1, 0.15) is 0 Å². The largest absolute Gasteiger partial charge is 0.337 e. The third kappa shape index (κ3) is 2.78. The fourth-order valence-corrected chi connectivity index (χ4v) is 3.34. The minimum atomic E-state index is 0.121. The van der Waals surface area contributed by atoms with Gasteiger partial charge in [0.25, 0.3) is 0 Å². The van der Waals surface area contributed by atoms with E-state index in [0.717, 1.165) is 37.9 Å². The van der Waals surface area contributed by atoms with Crippen LogP contribution in [0.25, 0.3) is 11.0 Å². The number of carbonyl (C=O) groups excluding carboxylic acids is 1. The summed E-state index contributed by atoms with van der Waals surface area (Å²) in [6.45, 7) is 5.63. The molecule has 1 aromatic heterocycles. The van der Waals surface area contributed by atoms with Crippen molar-refractivity contribution in [3.05, 3.63) is 42.2 Å². The van der Waals surface area contributed by atoms with E-state index in [9.17, 15) is 4.79 Å². The lowest BCUT2D eigenvalue weighted by Gasteiger charge is -2.25. The number of aryl methyl sites for hydroxylation is 1. The van der Waals surface area contributed by atoms with E-state index in [4.69, 9.17) is 0 Å². The number of nitrogens with zero attached hydrogens (tertiary/aromatic N) is 3. The molecule has 0 bridgehead atoms. The molecule has 0 N–H and O–H groups in total. The van der Waals surface area contributed by atoms with E-state index in [2.05, 4.69) is 28.6 Å². The number of fused-ring (bicyclic) bond motifs is 1. The lowest BCUT2D eigenvalue weighted by molar-refractivity contribution is -0.126. The third-order valence-electron chi connectivity index (χ3n) is 4.46. The minimum absolute atomic E-state index is 0.121. The normalized spacial score (nSPS) is 19.7. The minimum Gasteiger partial charge on any atom is -0.337 e. The smallest absolute Gasteiger partial charge is 0.246 e. The van der Waals surface area contributed by atoms with Crippen molar-refractivity contribution in [3.8, 4) is 0 Å². The van der Waals surface area contributed by atoms with Crippen molar-refractivity contribution in [2.24, 2.45) is 0 Å². The van der Waals surface area contributed by atoms with Crippen LogP contribution in [0.5, 0.6) is 0 Å². The molecule has 22 heavy (non-hydrogen) atoms. The van der Waals surface area contributed by atoms with E-state index in [1.54, 1.807) is 6.08 Å². The summed E-state index contributed by atoms with van der Waals surface area (Å²) in [5.41, 5.74) is 3.48. The van der Waals surface area contributed by atoms with Crippen molar-refractivity contribution in [1.29, 1.82) is 0 Å². The molecular weight excluding hydrogens is 274 g/mol. The predicted molar refractivity (Wildman–Crippen MR) is 88.8 cm³/mol. The number of imidazole rings is 1. The molecule has 1 atom stereocenters. The number of carbonyl (C=O) groups is 1. The highest BCUT2D eigenvalue weighted by molar-refractivity contribution is 5.87. The average molecular weight is 297 g/mol. The third-order valence-corrected chi connectivity index (χ3v) is 4.46. The molecule has 2 aromatic rings. The van der Waals surface area contributed by atoms with Gasteiger partial charge < -0.3 is 9.47 Å². The summed E-state index contributed by atoms with van der Waals surface area (Å²) in [4.78, 5) is 18.7. The molecule has 4 nitrogen and oxygen atoms in total. The van der Waals surface area contributed by atoms with Crippen LogP contribution in [0.15, 0.2) is 36.7 Å². The fourth-order valence-electron chi connectivity index (χ4n) is 3.34. The zero-order valence-corrected chi connectivity index (χ0v) is 13.3. The molecule has 1 fully saturated rings. The Morgan fingerprint density at radius 3 is 3.05 bits per heavy atom. The highest BCUT2D eigenvalue weighted by Gasteiger charge is 2.23. The Kier molecular flexibility index (Phi) is 4.27. The first-order chi connectivity index (χ1) is 10.7. The number of rotatable bonds is 2. The quantitative estimate of drug-likeness (QED) is 0.796. The van der Waals surface area contributed by atoms with Crippen molar-refractivity contribution in [3.63, 3.8) is 0 Å². The molecule has 1 aromatic carbocycles. The summed E-state index contributed by atoms with van der Waals surface area (Å²) in [5.74, 6) is 0.121. The van der Waals surface area contributed by atoms with Gasteiger partial charge in [-0.3, -0.25) is 4.79 Å². The van der Waals surface area contributed by atoms with Crippen LogP contribution in [0.4, 0.5) is 0 Å². The molecule has 1 amide bonds. The Hall–Kier alpha value is -2.10. The molecule has 0 spiro atoms. The monoisotopic (exact) mass is 297 g/mol. The first-order valence-electron chi connectivity index (χ1n) is 8.04. The van der Waals surface area contributed by atoms with Crippen LogP contribution < -0.4 is 0 Å². The van der Waals surface area contributed by atoms with Crippen molar-refractivity contribution in [2.45, 2.75) is 39.2 Å². The summed E-state index contributed by atoms with van der Waals surface area (Å²) in [6.07, 6.45) is 8.74. The maximum Gasteiger partial charge on any atom is 0.246 e. The number of hydrogen-bond acceptors (Lipinski definition) is 2. The zero-order chi connectivity index (χ0) is 15.5. The number of likely N-dealkylation sites (tertiary alicyclic amines) is 1. The highest BCUT2D eigenvalue weighted by Crippen LogP contribution is 2.27. The molecular formula is C18H23N3O. The van der Waals surface area contributed by atoms with Crippen LogP contribution in [-0.4, -0.2) is 33.4 Å². The highest BCUT2D eigenvalue weighted by atomic mass is 16.2. The molecule has 1 saturated heterocycles. The molecule has 1 aliphatic heterocycles. The van der Waals surface area contributed by atoms with Crippen LogP contribution in [0.2, 0.25) is 0 Å². The van der Waals surface area contributed by atoms with Crippen LogP contribution in [-0.2, 0) is 4.79 Å². The van der Waals surface area contributed by atoms with Crippen LogP contribution in [0.3, 0.4) is 0 Å². The summed E-state index contributed by atoms with van der Waals surface area (Å²) < 4.78 is 2.27. The van der Waals surface area contributed by atoms with E-state index in [-0.39, 0.29) is 5.91 Å². The standard InChI is InChI=1S/C18H23N3O/c1-3-7-17(22)20-11-5-4-9-15(12-20)21-13-19-16-10-6-8-14(2)18(16)21/h3,6-8,10,13,15H,4-5,9,11-12H2,1-2H3/b7-3+. The molecule has 1 unspecified atom stereocenters. The van der Waals surface area contributed by atoms with Gasteiger partial charge in [-0.2, -0.15) is 0 Å².